The van der Waals surface area contributed by atoms with Crippen LogP contribution in [0.4, 0.5) is 10.8 Å². The Bertz CT molecular complexity index is 1060. The van der Waals surface area contributed by atoms with Gasteiger partial charge in [-0.2, -0.15) is 0 Å². The number of anilines is 1. The van der Waals surface area contributed by atoms with E-state index in [9.17, 15) is 14.9 Å². The molecule has 1 aromatic heterocycles. The Morgan fingerprint density at radius 1 is 1.17 bits per heavy atom. The number of non-ortho nitro benzene ring substituents is 1. The maximum absolute atomic E-state index is 12.2. The lowest BCUT2D eigenvalue weighted by Gasteiger charge is -2.07. The van der Waals surface area contributed by atoms with Crippen molar-refractivity contribution in [3.63, 3.8) is 0 Å². The molecular formula is C20H17N3O5S. The Morgan fingerprint density at radius 3 is 2.59 bits per heavy atom. The van der Waals surface area contributed by atoms with Crippen LogP contribution in [0, 0.1) is 10.1 Å². The minimum Gasteiger partial charge on any atom is -0.497 e. The quantitative estimate of drug-likeness (QED) is 0.351. The highest BCUT2D eigenvalue weighted by atomic mass is 32.1. The average Bonchev–Trinajstić information content (AvgIpc) is 3.20. The predicted octanol–water partition coefficient (Wildman–Crippen LogP) is 4.39. The number of nitrogens with one attached hydrogen (secondary N) is 1. The number of aromatic nitrogens is 1. The Morgan fingerprint density at radius 2 is 1.93 bits per heavy atom. The number of rotatable bonds is 7. The Kier molecular flexibility index (Phi) is 6.20. The Labute approximate surface area is 170 Å². The number of nitro groups is 1. The normalized spacial score (nSPS) is 10.7. The lowest BCUT2D eigenvalue weighted by molar-refractivity contribution is -0.384. The van der Waals surface area contributed by atoms with E-state index in [1.165, 1.54) is 29.5 Å². The van der Waals surface area contributed by atoms with Crippen molar-refractivity contribution in [1.29, 1.82) is 0 Å². The van der Waals surface area contributed by atoms with Gasteiger partial charge in [0.05, 0.1) is 24.8 Å². The number of hydrogen-bond acceptors (Lipinski definition) is 7. The van der Waals surface area contributed by atoms with Gasteiger partial charge in [-0.05, 0) is 30.3 Å². The van der Waals surface area contributed by atoms with Crippen molar-refractivity contribution >= 4 is 34.1 Å². The van der Waals surface area contributed by atoms with E-state index < -0.39 is 4.92 Å². The van der Waals surface area contributed by atoms with Gasteiger partial charge < -0.3 is 9.47 Å². The van der Waals surface area contributed by atoms with Gasteiger partial charge in [0.25, 0.3) is 5.69 Å². The fraction of sp³-hybridized carbons (Fsp3) is 0.100. The first-order valence-corrected chi connectivity index (χ1v) is 9.29. The number of carbonyl (C=O) groups is 1. The van der Waals surface area contributed by atoms with Crippen molar-refractivity contribution < 1.29 is 19.2 Å². The molecule has 148 valence electrons. The molecule has 0 aliphatic heterocycles. The van der Waals surface area contributed by atoms with Crippen molar-refractivity contribution in [2.24, 2.45) is 0 Å². The van der Waals surface area contributed by atoms with Crippen LogP contribution in [0.2, 0.25) is 0 Å². The number of carbonyl (C=O) groups excluding carboxylic acids is 1. The molecular weight excluding hydrogens is 394 g/mol. The molecule has 2 aromatic carbocycles. The van der Waals surface area contributed by atoms with Gasteiger partial charge in [-0.25, -0.2) is 4.98 Å². The number of nitrogens with zero attached hydrogens (tertiary/aromatic N) is 2. The smallest absolute Gasteiger partial charge is 0.269 e. The van der Waals surface area contributed by atoms with Crippen LogP contribution in [0.15, 0.2) is 53.9 Å². The first-order chi connectivity index (χ1) is 14.0. The molecule has 0 radical (unpaired) electrons. The van der Waals surface area contributed by atoms with Crippen molar-refractivity contribution in [3.8, 4) is 22.8 Å². The predicted molar refractivity (Wildman–Crippen MR) is 111 cm³/mol. The molecule has 8 nitrogen and oxygen atoms in total. The van der Waals surface area contributed by atoms with Gasteiger partial charge >= 0.3 is 0 Å². The molecule has 1 heterocycles. The van der Waals surface area contributed by atoms with E-state index in [1.54, 1.807) is 56.0 Å². The third-order valence-electron chi connectivity index (χ3n) is 3.96. The summed E-state index contributed by atoms with van der Waals surface area (Å²) in [5.41, 5.74) is 2.10. The number of nitro benzene ring substituents is 1. The van der Waals surface area contributed by atoms with Crippen LogP contribution in [-0.2, 0) is 4.79 Å². The minimum atomic E-state index is -0.458. The number of thiazole rings is 1. The molecule has 9 heteroatoms. The van der Waals surface area contributed by atoms with Gasteiger partial charge in [0.15, 0.2) is 5.13 Å². The van der Waals surface area contributed by atoms with E-state index in [0.717, 1.165) is 11.1 Å². The van der Waals surface area contributed by atoms with Crippen LogP contribution in [-0.4, -0.2) is 30.0 Å². The molecule has 1 N–H and O–H groups in total. The van der Waals surface area contributed by atoms with Crippen molar-refractivity contribution in [2.45, 2.75) is 0 Å². The summed E-state index contributed by atoms with van der Waals surface area (Å²) in [6, 6.07) is 11.4. The molecule has 0 bridgehead atoms. The molecule has 29 heavy (non-hydrogen) atoms. The molecule has 0 atom stereocenters. The molecule has 0 aliphatic carbocycles. The summed E-state index contributed by atoms with van der Waals surface area (Å²) in [5.74, 6) is 0.903. The highest BCUT2D eigenvalue weighted by Crippen LogP contribution is 2.27. The molecule has 0 unspecified atom stereocenters. The summed E-state index contributed by atoms with van der Waals surface area (Å²) >= 11 is 1.27. The highest BCUT2D eigenvalue weighted by Gasteiger charge is 2.09. The molecule has 3 aromatic rings. The third kappa shape index (κ3) is 4.96. The number of ether oxygens (including phenoxy) is 2. The van der Waals surface area contributed by atoms with E-state index in [4.69, 9.17) is 9.47 Å². The van der Waals surface area contributed by atoms with Gasteiger partial charge in [-0.3, -0.25) is 20.2 Å². The molecule has 0 aliphatic rings. The second-order valence-electron chi connectivity index (χ2n) is 5.77. The number of amides is 1. The van der Waals surface area contributed by atoms with Gasteiger partial charge in [0, 0.05) is 40.8 Å². The van der Waals surface area contributed by atoms with Crippen molar-refractivity contribution in [1.82, 2.24) is 4.98 Å². The maximum atomic E-state index is 12.2. The number of hydrogen-bond donors (Lipinski definition) is 1. The SMILES string of the molecule is COc1ccc(C=CC(=O)Nc2nc(-c3ccc([N+](=O)[O-])cc3)cs2)c(OC)c1. The van der Waals surface area contributed by atoms with Gasteiger partial charge in [-0.1, -0.05) is 0 Å². The van der Waals surface area contributed by atoms with E-state index >= 15 is 0 Å². The lowest BCUT2D eigenvalue weighted by atomic mass is 10.1. The summed E-state index contributed by atoms with van der Waals surface area (Å²) in [4.78, 5) is 26.8. The van der Waals surface area contributed by atoms with Crippen molar-refractivity contribution in [3.05, 3.63) is 69.6 Å². The monoisotopic (exact) mass is 411 g/mol. The van der Waals surface area contributed by atoms with E-state index in [-0.39, 0.29) is 11.6 Å². The molecule has 0 fully saturated rings. The maximum Gasteiger partial charge on any atom is 0.269 e. The second kappa shape index (κ2) is 8.98. The van der Waals surface area contributed by atoms with E-state index in [2.05, 4.69) is 10.3 Å². The summed E-state index contributed by atoms with van der Waals surface area (Å²) in [7, 11) is 3.11. The fourth-order valence-corrected chi connectivity index (χ4v) is 3.21. The largest absolute Gasteiger partial charge is 0.497 e. The van der Waals surface area contributed by atoms with E-state index in [1.807, 2.05) is 0 Å². The van der Waals surface area contributed by atoms with E-state index in [0.29, 0.717) is 22.3 Å². The second-order valence-corrected chi connectivity index (χ2v) is 6.63. The molecule has 0 spiro atoms. The Balaban J connectivity index is 1.67. The first-order valence-electron chi connectivity index (χ1n) is 8.41. The number of benzene rings is 2. The molecule has 3 rings (SSSR count). The zero-order chi connectivity index (χ0) is 20.8. The van der Waals surface area contributed by atoms with Crippen LogP contribution >= 0.6 is 11.3 Å². The van der Waals surface area contributed by atoms with Gasteiger partial charge in [0.2, 0.25) is 5.91 Å². The topological polar surface area (TPSA) is 104 Å². The fourth-order valence-electron chi connectivity index (χ4n) is 2.49. The highest BCUT2D eigenvalue weighted by molar-refractivity contribution is 7.14. The van der Waals surface area contributed by atoms with Crippen LogP contribution < -0.4 is 14.8 Å². The van der Waals surface area contributed by atoms with Crippen LogP contribution in [0.25, 0.3) is 17.3 Å². The van der Waals surface area contributed by atoms with Crippen LogP contribution in [0.3, 0.4) is 0 Å². The van der Waals surface area contributed by atoms with Gasteiger partial charge in [-0.15, -0.1) is 11.3 Å². The third-order valence-corrected chi connectivity index (χ3v) is 4.72. The van der Waals surface area contributed by atoms with Crippen LogP contribution in [0.5, 0.6) is 11.5 Å². The lowest BCUT2D eigenvalue weighted by Crippen LogP contribution is -2.07. The molecule has 0 saturated carbocycles. The zero-order valence-electron chi connectivity index (χ0n) is 15.6. The van der Waals surface area contributed by atoms with Crippen molar-refractivity contribution in [2.75, 3.05) is 19.5 Å². The van der Waals surface area contributed by atoms with Crippen LogP contribution in [0.1, 0.15) is 5.56 Å². The molecule has 0 saturated heterocycles. The standard InChI is InChI=1S/C20H17N3O5S/c1-27-16-9-5-14(18(11-16)28-2)6-10-19(24)22-20-21-17(12-29-20)13-3-7-15(8-4-13)23(25)26/h3-12H,1-2H3,(H,21,22,24). The summed E-state index contributed by atoms with van der Waals surface area (Å²) < 4.78 is 10.4. The van der Waals surface area contributed by atoms with Gasteiger partial charge in [0.1, 0.15) is 11.5 Å². The zero-order valence-corrected chi connectivity index (χ0v) is 16.4. The Hall–Kier alpha value is -3.72. The summed E-state index contributed by atoms with van der Waals surface area (Å²) in [6.07, 6.45) is 3.02. The summed E-state index contributed by atoms with van der Waals surface area (Å²) in [6.45, 7) is 0. The number of methoxy groups -OCH3 is 2. The molecule has 1 amide bonds. The summed E-state index contributed by atoms with van der Waals surface area (Å²) in [5, 5.41) is 15.6. The average molecular weight is 411 g/mol. The minimum absolute atomic E-state index is 0.0107. The first kappa shape index (κ1) is 20.0.